The van der Waals surface area contributed by atoms with Crippen molar-refractivity contribution in [3.63, 3.8) is 0 Å². The molecule has 3 atom stereocenters. The van der Waals surface area contributed by atoms with E-state index in [0.717, 1.165) is 41.6 Å². The summed E-state index contributed by atoms with van der Waals surface area (Å²) in [6.07, 6.45) is 12.1. The quantitative estimate of drug-likeness (QED) is 0.0721. The molecule has 8 rings (SSSR count). The first-order valence-electron chi connectivity index (χ1n) is 21.1. The van der Waals surface area contributed by atoms with Crippen LogP contribution in [-0.4, -0.2) is 101 Å². The Morgan fingerprint density at radius 1 is 0.954 bits per heavy atom. The van der Waals surface area contributed by atoms with Crippen molar-refractivity contribution in [2.24, 2.45) is 5.92 Å². The highest BCUT2D eigenvalue weighted by atomic mass is 19.1. The van der Waals surface area contributed by atoms with Gasteiger partial charge in [0.05, 0.1) is 47.0 Å². The number of carboxylic acids is 1. The van der Waals surface area contributed by atoms with Crippen LogP contribution in [0.4, 0.5) is 33.0 Å². The number of aromatic nitrogens is 7. The van der Waals surface area contributed by atoms with Crippen molar-refractivity contribution in [2.45, 2.75) is 57.3 Å². The molecule has 20 nitrogen and oxygen atoms in total. The highest BCUT2D eigenvalue weighted by molar-refractivity contribution is 5.95. The summed E-state index contributed by atoms with van der Waals surface area (Å²) in [6, 6.07) is 12.2. The molecule has 1 aliphatic carbocycles. The zero-order chi connectivity index (χ0) is 45.6. The van der Waals surface area contributed by atoms with Crippen molar-refractivity contribution < 1.29 is 28.7 Å². The lowest BCUT2D eigenvalue weighted by Gasteiger charge is -2.33. The molecule has 6 N–H and O–H groups in total. The van der Waals surface area contributed by atoms with E-state index in [9.17, 15) is 33.2 Å². The summed E-state index contributed by atoms with van der Waals surface area (Å²) in [5.41, 5.74) is 2.86. The molecule has 1 aliphatic heterocycles. The van der Waals surface area contributed by atoms with E-state index in [1.807, 2.05) is 0 Å². The van der Waals surface area contributed by atoms with Crippen molar-refractivity contribution >= 4 is 57.9 Å². The van der Waals surface area contributed by atoms with E-state index < -0.39 is 41.8 Å². The van der Waals surface area contributed by atoms with Gasteiger partial charge in [-0.15, -0.1) is 5.10 Å². The largest absolute Gasteiger partial charge is 0.480 e. The lowest BCUT2D eigenvalue weighted by atomic mass is 9.96. The molecule has 1 saturated carbocycles. The third kappa shape index (κ3) is 10.3. The van der Waals surface area contributed by atoms with Crippen LogP contribution in [0.5, 0.6) is 0 Å². The van der Waals surface area contributed by atoms with Gasteiger partial charge in [0.1, 0.15) is 24.2 Å². The van der Waals surface area contributed by atoms with Crippen LogP contribution >= 0.6 is 0 Å². The predicted molar refractivity (Wildman–Crippen MR) is 238 cm³/mol. The molecular weight excluding hydrogens is 842 g/mol. The van der Waals surface area contributed by atoms with Crippen LogP contribution in [0.3, 0.4) is 0 Å². The van der Waals surface area contributed by atoms with Crippen LogP contribution in [0.15, 0.2) is 95.3 Å². The Balaban J connectivity index is 0.816. The van der Waals surface area contributed by atoms with Gasteiger partial charge in [-0.25, -0.2) is 18.9 Å². The van der Waals surface area contributed by atoms with Crippen molar-refractivity contribution in [2.75, 3.05) is 47.5 Å². The van der Waals surface area contributed by atoms with Crippen molar-refractivity contribution in [3.8, 4) is 5.82 Å². The summed E-state index contributed by atoms with van der Waals surface area (Å²) in [6.45, 7) is 1.16. The Morgan fingerprint density at radius 3 is 2.57 bits per heavy atom. The first-order valence-corrected chi connectivity index (χ1v) is 21.1. The fourth-order valence-corrected chi connectivity index (χ4v) is 7.58. The van der Waals surface area contributed by atoms with Crippen LogP contribution < -0.4 is 42.6 Å². The molecule has 0 radical (unpaired) electrons. The molecule has 336 valence electrons. The molecule has 1 saturated heterocycles. The van der Waals surface area contributed by atoms with Gasteiger partial charge in [0, 0.05) is 70.0 Å². The molecule has 0 unspecified atom stereocenters. The number of aliphatic carboxylic acids is 1. The molecule has 21 heteroatoms. The number of fused-ring (bicyclic) bond motifs is 1. The van der Waals surface area contributed by atoms with Crippen LogP contribution in [0.2, 0.25) is 0 Å². The number of imidazole rings is 1. The molecule has 0 bridgehead atoms. The minimum Gasteiger partial charge on any atom is -0.480 e. The van der Waals surface area contributed by atoms with Crippen LogP contribution in [0.1, 0.15) is 58.5 Å². The number of rotatable bonds is 17. The van der Waals surface area contributed by atoms with E-state index in [1.165, 1.54) is 39.8 Å². The number of hydrogen-bond acceptors (Lipinski definition) is 13. The monoisotopic (exact) mass is 887 g/mol. The van der Waals surface area contributed by atoms with Gasteiger partial charge < -0.3 is 41.2 Å². The highest BCUT2D eigenvalue weighted by Gasteiger charge is 2.39. The smallest absolute Gasteiger partial charge is 0.323 e. The van der Waals surface area contributed by atoms with Gasteiger partial charge in [-0.3, -0.25) is 38.3 Å². The Bertz CT molecular complexity index is 2880. The van der Waals surface area contributed by atoms with Gasteiger partial charge >= 0.3 is 5.97 Å². The normalized spacial score (nSPS) is 16.7. The van der Waals surface area contributed by atoms with Gasteiger partial charge in [0.15, 0.2) is 17.2 Å². The van der Waals surface area contributed by atoms with E-state index in [1.54, 1.807) is 56.0 Å². The van der Waals surface area contributed by atoms with Crippen molar-refractivity contribution in [3.05, 3.63) is 123 Å². The molecule has 3 amide bonds. The van der Waals surface area contributed by atoms with E-state index in [0.29, 0.717) is 48.5 Å². The molecule has 0 spiro atoms. The van der Waals surface area contributed by atoms with Gasteiger partial charge in [0.25, 0.3) is 22.9 Å². The van der Waals surface area contributed by atoms with E-state index >= 15 is 0 Å². The highest BCUT2D eigenvalue weighted by Crippen LogP contribution is 2.27. The summed E-state index contributed by atoms with van der Waals surface area (Å²) >= 11 is 0. The summed E-state index contributed by atoms with van der Waals surface area (Å²) in [5.74, 6) is -1.99. The third-order valence-corrected chi connectivity index (χ3v) is 11.1. The minimum atomic E-state index is -1.16. The van der Waals surface area contributed by atoms with Crippen LogP contribution in [0.25, 0.3) is 11.5 Å². The number of hydrogen-bond donors (Lipinski definition) is 6. The first-order chi connectivity index (χ1) is 31.4. The summed E-state index contributed by atoms with van der Waals surface area (Å²) < 4.78 is 17.1. The molecule has 65 heavy (non-hydrogen) atoms. The first kappa shape index (κ1) is 43.7. The minimum absolute atomic E-state index is 0.108. The second kappa shape index (κ2) is 19.2. The summed E-state index contributed by atoms with van der Waals surface area (Å²) in [7, 11) is 1.68. The van der Waals surface area contributed by atoms with Crippen molar-refractivity contribution in [1.82, 2.24) is 44.3 Å². The number of pyridine rings is 4. The number of nitrogens with zero attached hydrogens (tertiary/aromatic N) is 8. The van der Waals surface area contributed by atoms with Gasteiger partial charge in [-0.05, 0) is 74.1 Å². The number of carboxylic acid groups (broad SMARTS) is 1. The maximum absolute atomic E-state index is 13.6. The molecule has 6 aromatic rings. The summed E-state index contributed by atoms with van der Waals surface area (Å²) in [4.78, 5) is 91.0. The van der Waals surface area contributed by atoms with E-state index in [-0.39, 0.29) is 47.2 Å². The average Bonchev–Trinajstić information content (AvgIpc) is 3.82. The van der Waals surface area contributed by atoms with Gasteiger partial charge in [-0.1, -0.05) is 0 Å². The van der Waals surface area contributed by atoms with Gasteiger partial charge in [-0.2, -0.15) is 0 Å². The number of amides is 3. The maximum atomic E-state index is 13.6. The number of nitrogens with one attached hydrogen (secondary N) is 5. The predicted octanol–water partition coefficient (Wildman–Crippen LogP) is 3.15. The second-order valence-electron chi connectivity index (χ2n) is 15.8. The molecular formula is C44H46FN13O7. The zero-order valence-corrected chi connectivity index (χ0v) is 35.2. The number of aryl methyl sites for hydroxylation is 1. The van der Waals surface area contributed by atoms with Crippen LogP contribution in [-0.2, 0) is 22.6 Å². The number of anilines is 5. The van der Waals surface area contributed by atoms with E-state index in [2.05, 4.69) is 57.6 Å². The Kier molecular flexibility index (Phi) is 12.9. The molecule has 0 aromatic carbocycles. The number of halogens is 1. The third-order valence-electron chi connectivity index (χ3n) is 11.1. The SMILES string of the molecule is CNc1cc(Nc2cccn(-c3ccc(C(=O)NCCCCc4cncc(N5CCC[C@H](C(=O)Nc6ccc(=O)n(CC(=O)O)c6)C5)c4)cn3)c2=O)nn2c(C(=O)N[C@@H]3C[C@@H]3F)cnc12. The maximum Gasteiger partial charge on any atom is 0.323 e. The lowest BCUT2D eigenvalue weighted by Crippen LogP contribution is -2.41. The molecule has 7 heterocycles. The van der Waals surface area contributed by atoms with Crippen LogP contribution in [0, 0.1) is 5.92 Å². The average molecular weight is 888 g/mol. The number of alkyl halides is 1. The van der Waals surface area contributed by atoms with Crippen molar-refractivity contribution in [1.29, 1.82) is 0 Å². The molecule has 2 fully saturated rings. The topological polar surface area (TPSA) is 252 Å². The summed E-state index contributed by atoms with van der Waals surface area (Å²) in [5, 5.41) is 28.0. The standard InChI is InChI=1S/C44H46FN13O7/c1-46-34-18-36(54-58-35(22-50-40(34)58)43(64)53-33-17-31(33)45)52-32-8-5-15-57(44(32)65)37-11-9-27(20-49-37)41(62)48-13-3-2-6-26-16-30(21-47-19-26)55-14-4-7-28(23-55)42(63)51-29-10-12-38(59)56(24-29)25-39(60)61/h5,8-12,15-16,18-22,24,28,31,33,46H,2-4,6-7,13-14,17,23,25H2,1H3,(H,48,62)(H,51,63)(H,52,54)(H,53,64)(H,60,61)/t28-,31-,33+/m0/s1. The Labute approximate surface area is 369 Å². The molecule has 6 aromatic heterocycles. The number of unbranched alkanes of at least 4 members (excludes halogenated alkanes) is 1. The van der Waals surface area contributed by atoms with Gasteiger partial charge in [0.2, 0.25) is 5.91 Å². The lowest BCUT2D eigenvalue weighted by molar-refractivity contribution is -0.137. The number of carbonyl (C=O) groups excluding carboxylic acids is 3. The second-order valence-corrected chi connectivity index (χ2v) is 15.8. The number of carbonyl (C=O) groups is 4. The molecule has 2 aliphatic rings. The fourth-order valence-electron chi connectivity index (χ4n) is 7.58. The fraction of sp³-hybridized carbons (Fsp3) is 0.318. The zero-order valence-electron chi connectivity index (χ0n) is 35.2. The van der Waals surface area contributed by atoms with E-state index in [4.69, 9.17) is 5.11 Å². The Morgan fingerprint density at radius 2 is 1.80 bits per heavy atom. The Hall–Kier alpha value is -7.97. The number of piperidine rings is 1.